The molecular formula is C24H22N4O6S. The highest BCUT2D eigenvalue weighted by Gasteiger charge is 2.19. The number of aryl methyl sites for hydroxylation is 1. The van der Waals surface area contributed by atoms with E-state index < -0.39 is 16.0 Å². The average molecular weight is 495 g/mol. The molecule has 4 aromatic rings. The molecule has 0 bridgehead atoms. The van der Waals surface area contributed by atoms with E-state index in [9.17, 15) is 13.2 Å². The maximum atomic E-state index is 12.8. The van der Waals surface area contributed by atoms with E-state index in [1.54, 1.807) is 30.6 Å². The minimum atomic E-state index is -3.92. The van der Waals surface area contributed by atoms with Crippen molar-refractivity contribution in [2.24, 2.45) is 0 Å². The summed E-state index contributed by atoms with van der Waals surface area (Å²) in [6.45, 7) is 0.0863. The van der Waals surface area contributed by atoms with Crippen LogP contribution in [0, 0.1) is 0 Å². The number of esters is 1. The topological polar surface area (TPSA) is 134 Å². The zero-order valence-electron chi connectivity index (χ0n) is 18.7. The number of nitrogens with one attached hydrogen (secondary N) is 1. The summed E-state index contributed by atoms with van der Waals surface area (Å²) in [6.07, 6.45) is 4.14. The quantitative estimate of drug-likeness (QED) is 0.258. The second-order valence-corrected chi connectivity index (χ2v) is 9.00. The number of ether oxygens (including phenoxy) is 2. The Morgan fingerprint density at radius 1 is 1.06 bits per heavy atom. The molecule has 0 aliphatic heterocycles. The highest BCUT2D eigenvalue weighted by Crippen LogP contribution is 2.22. The van der Waals surface area contributed by atoms with Gasteiger partial charge in [0.25, 0.3) is 10.0 Å². The molecule has 0 unspecified atom stereocenters. The molecule has 11 heteroatoms. The van der Waals surface area contributed by atoms with Crippen LogP contribution in [0.3, 0.4) is 0 Å². The summed E-state index contributed by atoms with van der Waals surface area (Å²) in [5, 5.41) is 3.92. The first-order valence-corrected chi connectivity index (χ1v) is 12.1. The van der Waals surface area contributed by atoms with Crippen LogP contribution >= 0.6 is 0 Å². The molecular weight excluding hydrogens is 472 g/mol. The van der Waals surface area contributed by atoms with Crippen LogP contribution in [0.4, 0.5) is 5.69 Å². The second kappa shape index (κ2) is 10.8. The number of carbonyl (C=O) groups excluding carboxylic acids is 1. The van der Waals surface area contributed by atoms with Crippen molar-refractivity contribution in [1.29, 1.82) is 0 Å². The second-order valence-electron chi connectivity index (χ2n) is 7.32. The molecule has 180 valence electrons. The Labute approximate surface area is 202 Å². The van der Waals surface area contributed by atoms with Crippen LogP contribution in [0.1, 0.15) is 22.7 Å². The Hall–Kier alpha value is -4.25. The Bertz CT molecular complexity index is 1390. The van der Waals surface area contributed by atoms with Crippen molar-refractivity contribution >= 4 is 21.7 Å². The number of sulfonamides is 1. The number of para-hydroxylation sites is 1. The number of benzene rings is 2. The highest BCUT2D eigenvalue weighted by atomic mass is 32.2. The summed E-state index contributed by atoms with van der Waals surface area (Å²) >= 11 is 0. The fraction of sp³-hybridized carbons (Fsp3) is 0.167. The maximum Gasteiger partial charge on any atom is 0.340 e. The van der Waals surface area contributed by atoms with Crippen molar-refractivity contribution < 1.29 is 27.2 Å². The number of pyridine rings is 1. The largest absolute Gasteiger partial charge is 0.497 e. The Balaban J connectivity index is 1.34. The zero-order valence-corrected chi connectivity index (χ0v) is 19.6. The Kier molecular flexibility index (Phi) is 7.36. The van der Waals surface area contributed by atoms with Crippen LogP contribution in [-0.2, 0) is 21.2 Å². The maximum absolute atomic E-state index is 12.8. The molecule has 2 heterocycles. The van der Waals surface area contributed by atoms with Gasteiger partial charge in [0.15, 0.2) is 0 Å². The summed E-state index contributed by atoms with van der Waals surface area (Å²) in [5.41, 5.74) is 0.954. The van der Waals surface area contributed by atoms with Crippen molar-refractivity contribution in [1.82, 2.24) is 15.1 Å². The van der Waals surface area contributed by atoms with Gasteiger partial charge in [-0.2, -0.15) is 4.98 Å². The standard InChI is InChI=1S/C24H22N4O6S/c1-32-18-10-12-19(13-11-18)35(30,31)28-21-8-3-2-7-20(21)24(29)33-15-5-9-22-26-23(27-34-22)17-6-4-14-25-16-17/h2-4,6-8,10-14,16,28H,5,9,15H2,1H3. The van der Waals surface area contributed by atoms with Gasteiger partial charge in [-0.1, -0.05) is 17.3 Å². The highest BCUT2D eigenvalue weighted by molar-refractivity contribution is 7.92. The van der Waals surface area contributed by atoms with Crippen molar-refractivity contribution in [3.63, 3.8) is 0 Å². The molecule has 0 amide bonds. The van der Waals surface area contributed by atoms with Gasteiger partial charge in [-0.3, -0.25) is 9.71 Å². The molecule has 0 saturated carbocycles. The summed E-state index contributed by atoms with van der Waals surface area (Å²) in [4.78, 5) is 21.0. The average Bonchev–Trinajstić information content (AvgIpc) is 3.36. The lowest BCUT2D eigenvalue weighted by Crippen LogP contribution is -2.16. The Morgan fingerprint density at radius 2 is 1.86 bits per heavy atom. The van der Waals surface area contributed by atoms with E-state index >= 15 is 0 Å². The van der Waals surface area contributed by atoms with E-state index in [2.05, 4.69) is 19.8 Å². The lowest BCUT2D eigenvalue weighted by Gasteiger charge is -2.12. The molecule has 2 aromatic heterocycles. The van der Waals surface area contributed by atoms with E-state index in [-0.39, 0.29) is 22.8 Å². The molecule has 0 fully saturated rings. The molecule has 4 rings (SSSR count). The SMILES string of the molecule is COc1ccc(S(=O)(=O)Nc2ccccc2C(=O)OCCCc2nc(-c3cccnc3)no2)cc1. The van der Waals surface area contributed by atoms with Gasteiger partial charge in [0, 0.05) is 24.4 Å². The number of carbonyl (C=O) groups is 1. The van der Waals surface area contributed by atoms with Gasteiger partial charge in [-0.05, 0) is 55.0 Å². The number of hydrogen-bond donors (Lipinski definition) is 1. The molecule has 0 radical (unpaired) electrons. The van der Waals surface area contributed by atoms with E-state index in [0.717, 1.165) is 5.56 Å². The summed E-state index contributed by atoms with van der Waals surface area (Å²) < 4.78 is 43.6. The fourth-order valence-electron chi connectivity index (χ4n) is 3.14. The van der Waals surface area contributed by atoms with E-state index in [1.807, 2.05) is 6.07 Å². The first kappa shape index (κ1) is 23.9. The van der Waals surface area contributed by atoms with Crippen LogP contribution in [0.25, 0.3) is 11.4 Å². The number of hydrogen-bond acceptors (Lipinski definition) is 9. The van der Waals surface area contributed by atoms with Crippen LogP contribution in [0.15, 0.2) is 82.5 Å². The molecule has 2 aromatic carbocycles. The van der Waals surface area contributed by atoms with E-state index in [1.165, 1.54) is 43.5 Å². The van der Waals surface area contributed by atoms with Crippen molar-refractivity contribution in [3.8, 4) is 17.1 Å². The van der Waals surface area contributed by atoms with Gasteiger partial charge in [0.1, 0.15) is 5.75 Å². The van der Waals surface area contributed by atoms with Crippen molar-refractivity contribution in [3.05, 3.63) is 84.5 Å². The van der Waals surface area contributed by atoms with Crippen LogP contribution < -0.4 is 9.46 Å². The first-order chi connectivity index (χ1) is 17.0. The number of methoxy groups -OCH3 is 1. The molecule has 1 N–H and O–H groups in total. The molecule has 0 spiro atoms. The third-order valence-electron chi connectivity index (χ3n) is 4.92. The smallest absolute Gasteiger partial charge is 0.340 e. The van der Waals surface area contributed by atoms with Gasteiger partial charge in [0.05, 0.1) is 29.9 Å². The molecule has 35 heavy (non-hydrogen) atoms. The number of rotatable bonds is 10. The minimum absolute atomic E-state index is 0.0340. The third-order valence-corrected chi connectivity index (χ3v) is 6.30. The van der Waals surface area contributed by atoms with E-state index in [0.29, 0.717) is 30.3 Å². The van der Waals surface area contributed by atoms with Gasteiger partial charge >= 0.3 is 5.97 Å². The zero-order chi connectivity index (χ0) is 24.7. The lowest BCUT2D eigenvalue weighted by molar-refractivity contribution is 0.0499. The van der Waals surface area contributed by atoms with Gasteiger partial charge in [0.2, 0.25) is 11.7 Å². The summed E-state index contributed by atoms with van der Waals surface area (Å²) in [6, 6.07) is 15.7. The monoisotopic (exact) mass is 494 g/mol. The predicted molar refractivity (Wildman–Crippen MR) is 126 cm³/mol. The minimum Gasteiger partial charge on any atom is -0.497 e. The summed E-state index contributed by atoms with van der Waals surface area (Å²) in [7, 11) is -2.43. The van der Waals surface area contributed by atoms with Crippen LogP contribution in [0.5, 0.6) is 5.75 Å². The first-order valence-electron chi connectivity index (χ1n) is 10.6. The van der Waals surface area contributed by atoms with Crippen LogP contribution in [0.2, 0.25) is 0 Å². The molecule has 0 aliphatic carbocycles. The third kappa shape index (κ3) is 6.01. The van der Waals surface area contributed by atoms with Gasteiger partial charge < -0.3 is 14.0 Å². The fourth-order valence-corrected chi connectivity index (χ4v) is 4.22. The molecule has 10 nitrogen and oxygen atoms in total. The molecule has 0 aliphatic rings. The van der Waals surface area contributed by atoms with Crippen molar-refractivity contribution in [2.45, 2.75) is 17.7 Å². The number of aromatic nitrogens is 3. The van der Waals surface area contributed by atoms with Gasteiger partial charge in [-0.25, -0.2) is 13.2 Å². The molecule has 0 atom stereocenters. The van der Waals surface area contributed by atoms with Crippen molar-refractivity contribution in [2.75, 3.05) is 18.4 Å². The van der Waals surface area contributed by atoms with Crippen LogP contribution in [-0.4, -0.2) is 43.2 Å². The Morgan fingerprint density at radius 3 is 2.60 bits per heavy atom. The van der Waals surface area contributed by atoms with Gasteiger partial charge in [-0.15, -0.1) is 0 Å². The summed E-state index contributed by atoms with van der Waals surface area (Å²) in [5.74, 6) is 0.720. The lowest BCUT2D eigenvalue weighted by atomic mass is 10.2. The number of nitrogens with zero attached hydrogens (tertiary/aromatic N) is 3. The predicted octanol–water partition coefficient (Wildman–Crippen LogP) is 3.73. The number of anilines is 1. The molecule has 0 saturated heterocycles. The van der Waals surface area contributed by atoms with E-state index in [4.69, 9.17) is 14.0 Å². The normalized spacial score (nSPS) is 11.1.